The second-order valence-corrected chi connectivity index (χ2v) is 9.10. The summed E-state index contributed by atoms with van der Waals surface area (Å²) in [7, 11) is 0. The summed E-state index contributed by atoms with van der Waals surface area (Å²) in [6, 6.07) is 11.0. The highest BCUT2D eigenvalue weighted by atomic mass is 19.1. The lowest BCUT2D eigenvalue weighted by molar-refractivity contribution is 0.0110. The van der Waals surface area contributed by atoms with Gasteiger partial charge >= 0.3 is 0 Å². The predicted octanol–water partition coefficient (Wildman–Crippen LogP) is 8.34. The first-order valence-corrected chi connectivity index (χ1v) is 12.5. The Balaban J connectivity index is 1.33. The maximum absolute atomic E-state index is 14.1. The molecule has 0 bridgehead atoms. The molecule has 1 aliphatic carbocycles. The molecule has 0 aliphatic heterocycles. The molecule has 1 aliphatic rings. The van der Waals surface area contributed by atoms with Crippen molar-refractivity contribution in [3.63, 3.8) is 0 Å². The molecule has 2 nitrogen and oxygen atoms in total. The average molecular weight is 445 g/mol. The highest BCUT2D eigenvalue weighted by molar-refractivity contribution is 5.65. The van der Waals surface area contributed by atoms with Gasteiger partial charge in [-0.15, -0.1) is 0 Å². The van der Waals surface area contributed by atoms with Crippen molar-refractivity contribution < 1.29 is 18.3 Å². The summed E-state index contributed by atoms with van der Waals surface area (Å²) < 4.78 is 39.4. The van der Waals surface area contributed by atoms with E-state index in [0.717, 1.165) is 44.1 Å². The van der Waals surface area contributed by atoms with Crippen LogP contribution < -0.4 is 4.74 Å². The van der Waals surface area contributed by atoms with E-state index in [1.165, 1.54) is 57.1 Å². The van der Waals surface area contributed by atoms with Gasteiger partial charge in [0.1, 0.15) is 17.4 Å². The van der Waals surface area contributed by atoms with Crippen LogP contribution in [0.5, 0.6) is 5.75 Å². The van der Waals surface area contributed by atoms with E-state index in [1.54, 1.807) is 0 Å². The van der Waals surface area contributed by atoms with Crippen molar-refractivity contribution in [3.05, 3.63) is 54.1 Å². The zero-order valence-corrected chi connectivity index (χ0v) is 19.5. The standard InChI is InChI=1S/C28H38F2O2/c1-2-3-4-5-6-7-8-18-31-25-15-12-22(13-16-25)21-32-26-11-9-10-23(19-26)27-17-14-24(29)20-28(27)30/h9-11,14,17,19-20,22,25H,2-8,12-13,15-16,18,21H2,1H3. The smallest absolute Gasteiger partial charge is 0.133 e. The Hall–Kier alpha value is -1.94. The maximum Gasteiger partial charge on any atom is 0.133 e. The van der Waals surface area contributed by atoms with Crippen LogP contribution in [0.3, 0.4) is 0 Å². The summed E-state index contributed by atoms with van der Waals surface area (Å²) in [4.78, 5) is 0. The van der Waals surface area contributed by atoms with Crippen LogP contribution in [0.25, 0.3) is 11.1 Å². The number of hydrogen-bond donors (Lipinski definition) is 0. The minimum Gasteiger partial charge on any atom is -0.493 e. The van der Waals surface area contributed by atoms with Gasteiger partial charge < -0.3 is 9.47 Å². The van der Waals surface area contributed by atoms with E-state index in [0.29, 0.717) is 29.8 Å². The number of rotatable bonds is 13. The molecule has 4 heteroatoms. The average Bonchev–Trinajstić information content (AvgIpc) is 2.80. The minimum absolute atomic E-state index is 0.385. The second-order valence-electron chi connectivity index (χ2n) is 9.10. The van der Waals surface area contributed by atoms with Gasteiger partial charge in [0.2, 0.25) is 0 Å². The van der Waals surface area contributed by atoms with E-state index in [4.69, 9.17) is 9.47 Å². The molecule has 0 amide bonds. The van der Waals surface area contributed by atoms with E-state index in [-0.39, 0.29) is 0 Å². The van der Waals surface area contributed by atoms with Crippen molar-refractivity contribution in [2.75, 3.05) is 13.2 Å². The third-order valence-electron chi connectivity index (χ3n) is 6.46. The van der Waals surface area contributed by atoms with Gasteiger partial charge in [-0.3, -0.25) is 0 Å². The summed E-state index contributed by atoms with van der Waals surface area (Å²) in [6.07, 6.45) is 14.0. The van der Waals surface area contributed by atoms with Gasteiger partial charge in [0.05, 0.1) is 12.7 Å². The summed E-state index contributed by atoms with van der Waals surface area (Å²) in [5, 5.41) is 0. The highest BCUT2D eigenvalue weighted by Gasteiger charge is 2.22. The van der Waals surface area contributed by atoms with Crippen LogP contribution in [0.4, 0.5) is 8.78 Å². The third-order valence-corrected chi connectivity index (χ3v) is 6.46. The quantitative estimate of drug-likeness (QED) is 0.289. The fourth-order valence-electron chi connectivity index (χ4n) is 4.47. The van der Waals surface area contributed by atoms with Crippen molar-refractivity contribution >= 4 is 0 Å². The normalized spacial score (nSPS) is 18.6. The zero-order valence-electron chi connectivity index (χ0n) is 19.5. The molecule has 0 unspecified atom stereocenters. The van der Waals surface area contributed by atoms with Gasteiger partial charge in [-0.2, -0.15) is 0 Å². The van der Waals surface area contributed by atoms with Crippen molar-refractivity contribution in [1.82, 2.24) is 0 Å². The molecule has 32 heavy (non-hydrogen) atoms. The summed E-state index contributed by atoms with van der Waals surface area (Å²) in [5.41, 5.74) is 1.08. The molecule has 0 N–H and O–H groups in total. The lowest BCUT2D eigenvalue weighted by Gasteiger charge is -2.28. The first-order chi connectivity index (χ1) is 15.7. The Morgan fingerprint density at radius 3 is 2.34 bits per heavy atom. The third kappa shape index (κ3) is 8.20. The van der Waals surface area contributed by atoms with Crippen molar-refractivity contribution in [2.45, 2.75) is 83.7 Å². The molecule has 0 aromatic heterocycles. The van der Waals surface area contributed by atoms with Crippen LogP contribution in [0.1, 0.15) is 77.6 Å². The summed E-state index contributed by atoms with van der Waals surface area (Å²) in [6.45, 7) is 3.82. The number of hydrogen-bond acceptors (Lipinski definition) is 2. The molecule has 1 saturated carbocycles. The van der Waals surface area contributed by atoms with Crippen LogP contribution in [0, 0.1) is 17.6 Å². The monoisotopic (exact) mass is 444 g/mol. The zero-order chi connectivity index (χ0) is 22.6. The predicted molar refractivity (Wildman–Crippen MR) is 127 cm³/mol. The van der Waals surface area contributed by atoms with Crippen LogP contribution >= 0.6 is 0 Å². The van der Waals surface area contributed by atoms with Gasteiger partial charge in [0.15, 0.2) is 0 Å². The Bertz CT molecular complexity index is 800. The molecule has 0 radical (unpaired) electrons. The van der Waals surface area contributed by atoms with E-state index in [9.17, 15) is 8.78 Å². The van der Waals surface area contributed by atoms with Crippen molar-refractivity contribution in [1.29, 1.82) is 0 Å². The lowest BCUT2D eigenvalue weighted by atomic mass is 9.88. The van der Waals surface area contributed by atoms with E-state index in [1.807, 2.05) is 24.3 Å². The molecule has 0 spiro atoms. The molecule has 176 valence electrons. The number of unbranched alkanes of at least 4 members (excludes halogenated alkanes) is 6. The maximum atomic E-state index is 14.1. The Kier molecular flexibility index (Phi) is 10.5. The van der Waals surface area contributed by atoms with Gasteiger partial charge in [-0.1, -0.05) is 57.6 Å². The Labute approximate surface area is 192 Å². The molecule has 0 heterocycles. The SMILES string of the molecule is CCCCCCCCCOC1CCC(COc2cccc(-c3ccc(F)cc3F)c2)CC1. The first kappa shape index (κ1) is 24.7. The van der Waals surface area contributed by atoms with Crippen LogP contribution in [-0.4, -0.2) is 19.3 Å². The molecule has 0 saturated heterocycles. The van der Waals surface area contributed by atoms with E-state index in [2.05, 4.69) is 6.92 Å². The largest absolute Gasteiger partial charge is 0.493 e. The van der Waals surface area contributed by atoms with Gasteiger partial charge in [0.25, 0.3) is 0 Å². The number of ether oxygens (including phenoxy) is 2. The van der Waals surface area contributed by atoms with Crippen molar-refractivity contribution in [2.24, 2.45) is 5.92 Å². The molecule has 1 fully saturated rings. The molecule has 0 atom stereocenters. The lowest BCUT2D eigenvalue weighted by Crippen LogP contribution is -2.25. The van der Waals surface area contributed by atoms with Gasteiger partial charge in [-0.05, 0) is 67.9 Å². The minimum atomic E-state index is -0.569. The fraction of sp³-hybridized carbons (Fsp3) is 0.571. The van der Waals surface area contributed by atoms with Crippen LogP contribution in [0.15, 0.2) is 42.5 Å². The molecular weight excluding hydrogens is 406 g/mol. The van der Waals surface area contributed by atoms with Gasteiger partial charge in [0, 0.05) is 18.2 Å². The van der Waals surface area contributed by atoms with E-state index >= 15 is 0 Å². The number of benzene rings is 2. The molecular formula is C28H38F2O2. The molecule has 2 aromatic carbocycles. The van der Waals surface area contributed by atoms with Crippen LogP contribution in [-0.2, 0) is 4.74 Å². The van der Waals surface area contributed by atoms with Gasteiger partial charge in [-0.25, -0.2) is 8.78 Å². The summed E-state index contributed by atoms with van der Waals surface area (Å²) >= 11 is 0. The van der Waals surface area contributed by atoms with Crippen molar-refractivity contribution in [3.8, 4) is 16.9 Å². The molecule has 3 rings (SSSR count). The topological polar surface area (TPSA) is 18.5 Å². The van der Waals surface area contributed by atoms with E-state index < -0.39 is 11.6 Å². The fourth-order valence-corrected chi connectivity index (χ4v) is 4.47. The highest BCUT2D eigenvalue weighted by Crippen LogP contribution is 2.30. The Morgan fingerprint density at radius 2 is 1.59 bits per heavy atom. The second kappa shape index (κ2) is 13.6. The van der Waals surface area contributed by atoms with Crippen LogP contribution in [0.2, 0.25) is 0 Å². The Morgan fingerprint density at radius 1 is 0.844 bits per heavy atom. The summed E-state index contributed by atoms with van der Waals surface area (Å²) in [5.74, 6) is 0.126. The molecule has 2 aromatic rings. The number of halogens is 2. The first-order valence-electron chi connectivity index (χ1n) is 12.5.